The van der Waals surface area contributed by atoms with Crippen LogP contribution < -0.4 is 5.73 Å². The molecule has 0 bridgehead atoms. The van der Waals surface area contributed by atoms with Crippen LogP contribution in [0.1, 0.15) is 18.2 Å². The van der Waals surface area contributed by atoms with Crippen molar-refractivity contribution < 1.29 is 4.79 Å². The molecule has 0 spiro atoms. The van der Waals surface area contributed by atoms with E-state index in [-0.39, 0.29) is 11.9 Å². The summed E-state index contributed by atoms with van der Waals surface area (Å²) in [6.45, 7) is 5.20. The fourth-order valence-electron chi connectivity index (χ4n) is 2.68. The Balaban J connectivity index is 1.82. The monoisotopic (exact) mass is 281 g/mol. The number of likely N-dealkylation sites (tertiary alicyclic amines) is 1. The van der Waals surface area contributed by atoms with E-state index in [2.05, 4.69) is 17.9 Å². The van der Waals surface area contributed by atoms with Gasteiger partial charge in [-0.2, -0.15) is 0 Å². The van der Waals surface area contributed by atoms with Crippen molar-refractivity contribution in [3.8, 4) is 0 Å². The van der Waals surface area contributed by atoms with Crippen molar-refractivity contribution in [1.29, 1.82) is 0 Å². The lowest BCUT2D eigenvalue weighted by Crippen LogP contribution is -2.49. The summed E-state index contributed by atoms with van der Waals surface area (Å²) in [7, 11) is 1.87. The summed E-state index contributed by atoms with van der Waals surface area (Å²) >= 11 is 1.69. The van der Waals surface area contributed by atoms with Crippen LogP contribution in [0, 0.1) is 5.92 Å². The van der Waals surface area contributed by atoms with Gasteiger partial charge >= 0.3 is 0 Å². The molecule has 1 aromatic heterocycles. The van der Waals surface area contributed by atoms with E-state index in [9.17, 15) is 4.79 Å². The van der Waals surface area contributed by atoms with Crippen LogP contribution in [-0.2, 0) is 11.3 Å². The number of amides is 1. The van der Waals surface area contributed by atoms with Gasteiger partial charge in [0.1, 0.15) is 0 Å². The number of hydrogen-bond acceptors (Lipinski definition) is 4. The molecule has 5 heteroatoms. The van der Waals surface area contributed by atoms with Gasteiger partial charge in [-0.05, 0) is 23.8 Å². The molecular weight excluding hydrogens is 258 g/mol. The first-order valence-corrected chi connectivity index (χ1v) is 7.67. The van der Waals surface area contributed by atoms with Crippen LogP contribution >= 0.6 is 11.3 Å². The van der Waals surface area contributed by atoms with Gasteiger partial charge in [-0.15, -0.1) is 11.3 Å². The van der Waals surface area contributed by atoms with Gasteiger partial charge in [-0.1, -0.05) is 13.0 Å². The molecule has 0 saturated carbocycles. The van der Waals surface area contributed by atoms with Crippen molar-refractivity contribution in [2.75, 3.05) is 26.7 Å². The molecule has 1 amide bonds. The van der Waals surface area contributed by atoms with Gasteiger partial charge in [-0.3, -0.25) is 9.69 Å². The largest absolute Gasteiger partial charge is 0.340 e. The molecule has 2 atom stereocenters. The van der Waals surface area contributed by atoms with Gasteiger partial charge in [0, 0.05) is 31.1 Å². The highest BCUT2D eigenvalue weighted by molar-refractivity contribution is 7.09. The third kappa shape index (κ3) is 4.30. The first kappa shape index (κ1) is 14.5. The zero-order chi connectivity index (χ0) is 13.8. The summed E-state index contributed by atoms with van der Waals surface area (Å²) in [5.41, 5.74) is 6.01. The van der Waals surface area contributed by atoms with Gasteiger partial charge in [0.15, 0.2) is 0 Å². The van der Waals surface area contributed by atoms with Gasteiger partial charge < -0.3 is 10.6 Å². The number of carbonyl (C=O) groups excluding carboxylic acids is 1. The van der Waals surface area contributed by atoms with E-state index in [1.165, 1.54) is 4.88 Å². The summed E-state index contributed by atoms with van der Waals surface area (Å²) in [4.78, 5) is 17.4. The van der Waals surface area contributed by atoms with Crippen molar-refractivity contribution >= 4 is 17.2 Å². The highest BCUT2D eigenvalue weighted by Gasteiger charge is 2.24. The van der Waals surface area contributed by atoms with E-state index in [0.29, 0.717) is 19.0 Å². The topological polar surface area (TPSA) is 49.6 Å². The lowest BCUT2D eigenvalue weighted by atomic mass is 9.97. The van der Waals surface area contributed by atoms with Crippen LogP contribution in [0.2, 0.25) is 0 Å². The Kier molecular flexibility index (Phi) is 4.96. The first-order valence-electron chi connectivity index (χ1n) is 6.79. The molecule has 1 fully saturated rings. The molecule has 0 radical (unpaired) electrons. The maximum Gasteiger partial charge on any atom is 0.236 e. The fourth-order valence-corrected chi connectivity index (χ4v) is 3.44. The van der Waals surface area contributed by atoms with Gasteiger partial charge in [-0.25, -0.2) is 0 Å². The highest BCUT2D eigenvalue weighted by atomic mass is 32.1. The normalized spacial score (nSPS) is 24.4. The number of rotatable bonds is 4. The number of carbonyl (C=O) groups is 1. The van der Waals surface area contributed by atoms with Crippen molar-refractivity contribution in [1.82, 2.24) is 9.80 Å². The molecule has 0 aliphatic carbocycles. The lowest BCUT2D eigenvalue weighted by Gasteiger charge is -2.35. The highest BCUT2D eigenvalue weighted by Crippen LogP contribution is 2.15. The maximum absolute atomic E-state index is 12.2. The third-order valence-electron chi connectivity index (χ3n) is 3.53. The fraction of sp³-hybridized carbons (Fsp3) is 0.643. The van der Waals surface area contributed by atoms with E-state index in [1.807, 2.05) is 18.5 Å². The Bertz CT molecular complexity index is 397. The molecule has 0 aromatic carbocycles. The smallest absolute Gasteiger partial charge is 0.236 e. The molecule has 106 valence electrons. The SMILES string of the molecule is CC1CC(N)CN(CC(=O)N(C)Cc2cccs2)C1. The minimum atomic E-state index is 0.176. The lowest BCUT2D eigenvalue weighted by molar-refractivity contribution is -0.132. The summed E-state index contributed by atoms with van der Waals surface area (Å²) < 4.78 is 0. The van der Waals surface area contributed by atoms with Crippen molar-refractivity contribution in [2.45, 2.75) is 25.9 Å². The summed E-state index contributed by atoms with van der Waals surface area (Å²) in [6, 6.07) is 4.29. The van der Waals surface area contributed by atoms with Gasteiger partial charge in [0.25, 0.3) is 0 Å². The number of piperidine rings is 1. The van der Waals surface area contributed by atoms with Crippen LogP contribution in [0.4, 0.5) is 0 Å². The first-order chi connectivity index (χ1) is 9.04. The minimum Gasteiger partial charge on any atom is -0.340 e. The zero-order valence-electron chi connectivity index (χ0n) is 11.7. The Labute approximate surface area is 119 Å². The van der Waals surface area contributed by atoms with Crippen molar-refractivity contribution in [3.63, 3.8) is 0 Å². The Morgan fingerprint density at radius 2 is 2.37 bits per heavy atom. The molecule has 1 aliphatic rings. The molecule has 2 N–H and O–H groups in total. The molecule has 1 aliphatic heterocycles. The number of hydrogen-bond donors (Lipinski definition) is 1. The van der Waals surface area contributed by atoms with E-state index in [1.54, 1.807) is 16.2 Å². The van der Waals surface area contributed by atoms with Gasteiger partial charge in [0.2, 0.25) is 5.91 Å². The van der Waals surface area contributed by atoms with Crippen LogP contribution in [0.5, 0.6) is 0 Å². The minimum absolute atomic E-state index is 0.176. The van der Waals surface area contributed by atoms with Crippen molar-refractivity contribution in [2.24, 2.45) is 11.7 Å². The Morgan fingerprint density at radius 1 is 1.58 bits per heavy atom. The number of likely N-dealkylation sites (N-methyl/N-ethyl adjacent to an activating group) is 1. The molecule has 2 heterocycles. The molecule has 4 nitrogen and oxygen atoms in total. The predicted molar refractivity (Wildman–Crippen MR) is 79.0 cm³/mol. The summed E-state index contributed by atoms with van der Waals surface area (Å²) in [6.07, 6.45) is 1.07. The molecule has 2 unspecified atom stereocenters. The van der Waals surface area contributed by atoms with Gasteiger partial charge in [0.05, 0.1) is 13.1 Å². The second-order valence-corrected chi connectivity index (χ2v) is 6.66. The predicted octanol–water partition coefficient (Wildman–Crippen LogP) is 1.38. The summed E-state index contributed by atoms with van der Waals surface area (Å²) in [5.74, 6) is 0.758. The van der Waals surface area contributed by atoms with Crippen LogP contribution in [0.15, 0.2) is 17.5 Å². The quantitative estimate of drug-likeness (QED) is 0.907. The molecule has 1 aromatic rings. The third-order valence-corrected chi connectivity index (χ3v) is 4.39. The second kappa shape index (κ2) is 6.50. The molecular formula is C14H23N3OS. The standard InChI is InChI=1S/C14H23N3OS/c1-11-6-12(15)8-17(7-11)10-14(18)16(2)9-13-4-3-5-19-13/h3-5,11-12H,6-10,15H2,1-2H3. The van der Waals surface area contributed by atoms with E-state index < -0.39 is 0 Å². The van der Waals surface area contributed by atoms with E-state index in [0.717, 1.165) is 19.5 Å². The van der Waals surface area contributed by atoms with Crippen molar-refractivity contribution in [3.05, 3.63) is 22.4 Å². The molecule has 1 saturated heterocycles. The van der Waals surface area contributed by atoms with E-state index in [4.69, 9.17) is 5.73 Å². The van der Waals surface area contributed by atoms with Crippen LogP contribution in [0.3, 0.4) is 0 Å². The number of thiophene rings is 1. The van der Waals surface area contributed by atoms with Crippen LogP contribution in [0.25, 0.3) is 0 Å². The summed E-state index contributed by atoms with van der Waals surface area (Å²) in [5, 5.41) is 2.04. The average molecular weight is 281 g/mol. The number of nitrogens with zero attached hydrogens (tertiary/aromatic N) is 2. The number of nitrogens with two attached hydrogens (primary N) is 1. The second-order valence-electron chi connectivity index (χ2n) is 5.62. The van der Waals surface area contributed by atoms with Crippen LogP contribution in [-0.4, -0.2) is 48.4 Å². The molecule has 2 rings (SSSR count). The molecule has 19 heavy (non-hydrogen) atoms. The Morgan fingerprint density at radius 3 is 3.00 bits per heavy atom. The average Bonchev–Trinajstić information content (AvgIpc) is 2.80. The maximum atomic E-state index is 12.2. The van der Waals surface area contributed by atoms with E-state index >= 15 is 0 Å². The Hall–Kier alpha value is -0.910. The zero-order valence-corrected chi connectivity index (χ0v) is 12.5.